The molecule has 0 aliphatic carbocycles. The Balaban J connectivity index is 2.14. The number of hydrogen-bond donors (Lipinski definition) is 1. The summed E-state index contributed by atoms with van der Waals surface area (Å²) in [6.07, 6.45) is 1.90. The van der Waals surface area contributed by atoms with E-state index in [1.807, 2.05) is 16.7 Å². The van der Waals surface area contributed by atoms with Gasteiger partial charge >= 0.3 is 5.97 Å². The number of fused-ring (bicyclic) bond motifs is 1. The summed E-state index contributed by atoms with van der Waals surface area (Å²) in [5.74, 6) is -0.897. The lowest BCUT2D eigenvalue weighted by molar-refractivity contribution is 0.0701. The summed E-state index contributed by atoms with van der Waals surface area (Å²) in [6, 6.07) is 6.23. The number of aromatic nitrogens is 2. The van der Waals surface area contributed by atoms with E-state index in [4.69, 9.17) is 5.11 Å². The highest BCUT2D eigenvalue weighted by Crippen LogP contribution is 2.27. The molecule has 20 heavy (non-hydrogen) atoms. The summed E-state index contributed by atoms with van der Waals surface area (Å²) >= 11 is 1.21. The average molecular weight is 286 g/mol. The van der Waals surface area contributed by atoms with Crippen LogP contribution in [0.25, 0.3) is 16.2 Å². The van der Waals surface area contributed by atoms with E-state index < -0.39 is 5.97 Å². The van der Waals surface area contributed by atoms with E-state index >= 15 is 0 Å². The molecular formula is C15H14N2O2S. The van der Waals surface area contributed by atoms with Gasteiger partial charge in [0.05, 0.1) is 5.69 Å². The minimum absolute atomic E-state index is 0.346. The van der Waals surface area contributed by atoms with Gasteiger partial charge in [-0.3, -0.25) is 4.40 Å². The van der Waals surface area contributed by atoms with Gasteiger partial charge in [0, 0.05) is 17.5 Å². The van der Waals surface area contributed by atoms with Gasteiger partial charge in [-0.1, -0.05) is 23.5 Å². The highest BCUT2D eigenvalue weighted by Gasteiger charge is 2.17. The number of aryl methyl sites for hydroxylation is 3. The summed E-state index contributed by atoms with van der Waals surface area (Å²) in [5, 5.41) is 9.11. The Kier molecular flexibility index (Phi) is 2.87. The van der Waals surface area contributed by atoms with Crippen molar-refractivity contribution in [3.8, 4) is 11.3 Å². The summed E-state index contributed by atoms with van der Waals surface area (Å²) in [6.45, 7) is 5.96. The van der Waals surface area contributed by atoms with Crippen LogP contribution in [0.2, 0.25) is 0 Å². The number of imidazole rings is 1. The largest absolute Gasteiger partial charge is 0.477 e. The van der Waals surface area contributed by atoms with Crippen LogP contribution < -0.4 is 0 Å². The molecule has 0 atom stereocenters. The number of carboxylic acid groups (broad SMARTS) is 1. The van der Waals surface area contributed by atoms with E-state index in [2.05, 4.69) is 31.0 Å². The van der Waals surface area contributed by atoms with E-state index in [1.165, 1.54) is 22.5 Å². The van der Waals surface area contributed by atoms with Gasteiger partial charge in [0.2, 0.25) is 0 Å². The van der Waals surface area contributed by atoms with Crippen molar-refractivity contribution in [2.45, 2.75) is 20.8 Å². The monoisotopic (exact) mass is 286 g/mol. The molecule has 1 aromatic carbocycles. The first-order chi connectivity index (χ1) is 9.47. The first-order valence-corrected chi connectivity index (χ1v) is 7.08. The van der Waals surface area contributed by atoms with Gasteiger partial charge in [-0.2, -0.15) is 0 Å². The number of aromatic carboxylic acids is 1. The maximum Gasteiger partial charge on any atom is 0.347 e. The number of rotatable bonds is 2. The Bertz CT molecular complexity index is 830. The molecule has 102 valence electrons. The minimum Gasteiger partial charge on any atom is -0.477 e. The maximum absolute atomic E-state index is 11.1. The quantitative estimate of drug-likeness (QED) is 0.781. The number of benzene rings is 1. The third kappa shape index (κ3) is 1.91. The predicted octanol–water partition coefficient (Wildman–Crippen LogP) is 3.69. The van der Waals surface area contributed by atoms with Gasteiger partial charge in [-0.25, -0.2) is 9.78 Å². The molecule has 5 heteroatoms. The zero-order chi connectivity index (χ0) is 14.4. The molecular weight excluding hydrogens is 272 g/mol. The van der Waals surface area contributed by atoms with Gasteiger partial charge in [0.25, 0.3) is 0 Å². The molecule has 4 nitrogen and oxygen atoms in total. The minimum atomic E-state index is -0.897. The highest BCUT2D eigenvalue weighted by atomic mass is 32.1. The van der Waals surface area contributed by atoms with E-state index in [1.54, 1.807) is 6.92 Å². The second kappa shape index (κ2) is 4.45. The first kappa shape index (κ1) is 12.9. The lowest BCUT2D eigenvalue weighted by Crippen LogP contribution is -1.96. The SMILES string of the molecule is Cc1ccc(-c2cn3c(C)c(C(=O)O)sc3n2)cc1C. The van der Waals surface area contributed by atoms with Crippen molar-refractivity contribution in [3.05, 3.63) is 46.1 Å². The molecule has 0 unspecified atom stereocenters. The van der Waals surface area contributed by atoms with Gasteiger partial charge in [-0.05, 0) is 38.0 Å². The Labute approximate surface area is 120 Å². The molecule has 0 saturated heterocycles. The molecule has 0 amide bonds. The molecule has 3 rings (SSSR count). The van der Waals surface area contributed by atoms with Crippen LogP contribution in [0.5, 0.6) is 0 Å². The van der Waals surface area contributed by atoms with E-state index in [0.717, 1.165) is 17.0 Å². The molecule has 2 aromatic heterocycles. The third-order valence-corrected chi connectivity index (χ3v) is 4.70. The summed E-state index contributed by atoms with van der Waals surface area (Å²) < 4.78 is 1.85. The van der Waals surface area contributed by atoms with Crippen LogP contribution in [0, 0.1) is 20.8 Å². The number of carboxylic acids is 1. The molecule has 3 aromatic rings. The van der Waals surface area contributed by atoms with Crippen LogP contribution in [0.1, 0.15) is 26.5 Å². The molecule has 1 N–H and O–H groups in total. The smallest absolute Gasteiger partial charge is 0.347 e. The number of nitrogens with zero attached hydrogens (tertiary/aromatic N) is 2. The number of thiazole rings is 1. The van der Waals surface area contributed by atoms with Gasteiger partial charge < -0.3 is 5.11 Å². The fourth-order valence-corrected chi connectivity index (χ4v) is 3.14. The molecule has 0 fully saturated rings. The Morgan fingerprint density at radius 1 is 1.25 bits per heavy atom. The van der Waals surface area contributed by atoms with Gasteiger partial charge in [0.1, 0.15) is 4.88 Å². The van der Waals surface area contributed by atoms with Crippen molar-refractivity contribution in [3.63, 3.8) is 0 Å². The van der Waals surface area contributed by atoms with Crippen LogP contribution in [-0.4, -0.2) is 20.5 Å². The predicted molar refractivity (Wildman–Crippen MR) is 79.7 cm³/mol. The molecule has 2 heterocycles. The van der Waals surface area contributed by atoms with Crippen LogP contribution in [0.4, 0.5) is 0 Å². The molecule has 0 aliphatic heterocycles. The summed E-state index contributed by atoms with van der Waals surface area (Å²) in [5.41, 5.74) is 5.13. The second-order valence-electron chi connectivity index (χ2n) is 4.90. The van der Waals surface area contributed by atoms with Crippen molar-refractivity contribution in [2.24, 2.45) is 0 Å². The molecule has 0 bridgehead atoms. The number of carbonyl (C=O) groups is 1. The van der Waals surface area contributed by atoms with Gasteiger partial charge in [-0.15, -0.1) is 0 Å². The third-order valence-electron chi connectivity index (χ3n) is 3.55. The fraction of sp³-hybridized carbons (Fsp3) is 0.200. The summed E-state index contributed by atoms with van der Waals surface area (Å²) in [7, 11) is 0. The lowest BCUT2D eigenvalue weighted by atomic mass is 10.1. The molecule has 0 radical (unpaired) electrons. The topological polar surface area (TPSA) is 54.6 Å². The maximum atomic E-state index is 11.1. The fourth-order valence-electron chi connectivity index (χ4n) is 2.19. The Morgan fingerprint density at radius 2 is 2.00 bits per heavy atom. The first-order valence-electron chi connectivity index (χ1n) is 6.27. The number of hydrogen-bond acceptors (Lipinski definition) is 3. The summed E-state index contributed by atoms with van der Waals surface area (Å²) in [4.78, 5) is 16.7. The van der Waals surface area contributed by atoms with Crippen LogP contribution in [0.3, 0.4) is 0 Å². The van der Waals surface area contributed by atoms with Crippen molar-refractivity contribution in [1.29, 1.82) is 0 Å². The van der Waals surface area contributed by atoms with Crippen molar-refractivity contribution in [2.75, 3.05) is 0 Å². The van der Waals surface area contributed by atoms with E-state index in [0.29, 0.717) is 9.84 Å². The van der Waals surface area contributed by atoms with Gasteiger partial charge in [0.15, 0.2) is 4.96 Å². The second-order valence-corrected chi connectivity index (χ2v) is 5.88. The Morgan fingerprint density at radius 3 is 2.60 bits per heavy atom. The zero-order valence-electron chi connectivity index (χ0n) is 11.5. The Hall–Kier alpha value is -2.14. The van der Waals surface area contributed by atoms with Crippen molar-refractivity contribution in [1.82, 2.24) is 9.38 Å². The van der Waals surface area contributed by atoms with Crippen molar-refractivity contribution >= 4 is 22.3 Å². The van der Waals surface area contributed by atoms with Crippen LogP contribution >= 0.6 is 11.3 Å². The van der Waals surface area contributed by atoms with E-state index in [9.17, 15) is 4.79 Å². The van der Waals surface area contributed by atoms with Crippen molar-refractivity contribution < 1.29 is 9.90 Å². The van der Waals surface area contributed by atoms with E-state index in [-0.39, 0.29) is 0 Å². The van der Waals surface area contributed by atoms with Crippen LogP contribution in [-0.2, 0) is 0 Å². The molecule has 0 saturated carbocycles. The average Bonchev–Trinajstić information content (AvgIpc) is 2.93. The van der Waals surface area contributed by atoms with Crippen LogP contribution in [0.15, 0.2) is 24.4 Å². The zero-order valence-corrected chi connectivity index (χ0v) is 12.3. The standard InChI is InChI=1S/C15H14N2O2S/c1-8-4-5-11(6-9(8)2)12-7-17-10(3)13(14(18)19)20-15(17)16-12/h4-7H,1-3H3,(H,18,19). The highest BCUT2D eigenvalue weighted by molar-refractivity contribution is 7.19. The normalized spacial score (nSPS) is 11.2. The molecule has 0 aliphatic rings. The molecule has 0 spiro atoms. The lowest BCUT2D eigenvalue weighted by Gasteiger charge is -2.02.